The van der Waals surface area contributed by atoms with Crippen molar-refractivity contribution in [1.82, 2.24) is 4.90 Å². The maximum absolute atomic E-state index is 12.6. The summed E-state index contributed by atoms with van der Waals surface area (Å²) in [7, 11) is 1.71. The molecule has 0 unspecified atom stereocenters. The minimum absolute atomic E-state index is 0.0394. The van der Waals surface area contributed by atoms with E-state index in [0.29, 0.717) is 145 Å². The predicted octanol–water partition coefficient (Wildman–Crippen LogP) is 4.22. The fraction of sp³-hybridized carbons (Fsp3) is 0.615. The standard InChI is InChI=1S/C39H59NO12/c1-3-13-42-15-17-44-19-21-46-23-25-48-27-29-50-31-32-51-30-28-49-26-24-47-22-20-45-18-16-43-14-12-40(2)39(41)52-33-38-36-10-6-4-8-34(36)35-9-5-7-11-37(35)38/h3-11,38H,1,12-33H2,2H3. The molecule has 52 heavy (non-hydrogen) atoms. The Labute approximate surface area is 309 Å². The number of likely N-dealkylation sites (N-methyl/N-ethyl adjacent to an activating group) is 1. The van der Waals surface area contributed by atoms with E-state index in [1.165, 1.54) is 27.2 Å². The van der Waals surface area contributed by atoms with Gasteiger partial charge in [-0.05, 0) is 22.3 Å². The van der Waals surface area contributed by atoms with Gasteiger partial charge in [0.25, 0.3) is 0 Å². The SMILES string of the molecule is C=CCOCCOCCOCCOCCOCCOCCOCCOCCOCCOCCN(C)C(=O)OCC1c2ccccc2-c2ccccc21. The zero-order valence-corrected chi connectivity index (χ0v) is 30.9. The van der Waals surface area contributed by atoms with Crippen LogP contribution in [0.1, 0.15) is 17.0 Å². The molecule has 0 aliphatic heterocycles. The van der Waals surface area contributed by atoms with Crippen LogP contribution in [0.5, 0.6) is 0 Å². The molecule has 1 aliphatic rings. The largest absolute Gasteiger partial charge is 0.448 e. The van der Waals surface area contributed by atoms with Crippen molar-refractivity contribution in [2.75, 3.05) is 152 Å². The Kier molecular flexibility index (Phi) is 24.7. The normalized spacial score (nSPS) is 12.2. The van der Waals surface area contributed by atoms with Crippen LogP contribution in [0.25, 0.3) is 11.1 Å². The molecular formula is C39H59NO12. The van der Waals surface area contributed by atoms with Gasteiger partial charge >= 0.3 is 6.09 Å². The number of nitrogens with zero attached hydrogens (tertiary/aromatic N) is 1. The Morgan fingerprint density at radius 1 is 0.538 bits per heavy atom. The molecule has 0 saturated carbocycles. The van der Waals surface area contributed by atoms with E-state index in [1.54, 1.807) is 13.1 Å². The molecule has 13 heteroatoms. The summed E-state index contributed by atoms with van der Waals surface area (Å²) in [6.07, 6.45) is 1.35. The Hall–Kier alpha value is -2.95. The lowest BCUT2D eigenvalue weighted by molar-refractivity contribution is -0.0262. The van der Waals surface area contributed by atoms with Gasteiger partial charge in [-0.15, -0.1) is 6.58 Å². The van der Waals surface area contributed by atoms with Gasteiger partial charge in [0.2, 0.25) is 0 Å². The molecule has 0 heterocycles. The molecular weight excluding hydrogens is 674 g/mol. The molecule has 2 aromatic carbocycles. The molecule has 13 nitrogen and oxygen atoms in total. The topological polar surface area (TPSA) is 122 Å². The van der Waals surface area contributed by atoms with Gasteiger partial charge in [0.1, 0.15) is 6.61 Å². The van der Waals surface area contributed by atoms with E-state index in [4.69, 9.17) is 52.1 Å². The van der Waals surface area contributed by atoms with Crippen molar-refractivity contribution in [3.05, 3.63) is 72.3 Å². The first-order chi connectivity index (χ1) is 25.7. The van der Waals surface area contributed by atoms with Crippen molar-refractivity contribution in [3.8, 4) is 11.1 Å². The van der Waals surface area contributed by atoms with Gasteiger partial charge < -0.3 is 57.0 Å². The second-order valence-corrected chi connectivity index (χ2v) is 11.6. The zero-order valence-electron chi connectivity index (χ0n) is 30.9. The lowest BCUT2D eigenvalue weighted by atomic mass is 9.98. The first-order valence-corrected chi connectivity index (χ1v) is 18.2. The average Bonchev–Trinajstić information content (AvgIpc) is 3.49. The highest BCUT2D eigenvalue weighted by atomic mass is 16.6. The molecule has 1 aliphatic carbocycles. The molecule has 0 atom stereocenters. The summed E-state index contributed by atoms with van der Waals surface area (Å²) in [5.41, 5.74) is 4.80. The molecule has 2 aromatic rings. The van der Waals surface area contributed by atoms with Crippen molar-refractivity contribution in [2.45, 2.75) is 5.92 Å². The Bertz CT molecular complexity index is 1160. The van der Waals surface area contributed by atoms with Crippen molar-refractivity contribution < 1.29 is 56.9 Å². The van der Waals surface area contributed by atoms with Gasteiger partial charge in [0.15, 0.2) is 0 Å². The number of carbonyl (C=O) groups is 1. The smallest absolute Gasteiger partial charge is 0.409 e. The molecule has 1 amide bonds. The molecule has 0 bridgehead atoms. The molecule has 0 radical (unpaired) electrons. The van der Waals surface area contributed by atoms with Gasteiger partial charge in [-0.3, -0.25) is 0 Å². The number of hydrogen-bond acceptors (Lipinski definition) is 12. The fourth-order valence-corrected chi connectivity index (χ4v) is 5.14. The van der Waals surface area contributed by atoms with E-state index in [9.17, 15) is 4.79 Å². The second-order valence-electron chi connectivity index (χ2n) is 11.6. The molecule has 0 fully saturated rings. The van der Waals surface area contributed by atoms with Crippen molar-refractivity contribution >= 4 is 6.09 Å². The van der Waals surface area contributed by atoms with Crippen LogP contribution in [0, 0.1) is 0 Å². The van der Waals surface area contributed by atoms with Gasteiger partial charge in [-0.1, -0.05) is 54.6 Å². The average molecular weight is 734 g/mol. The minimum Gasteiger partial charge on any atom is -0.448 e. The van der Waals surface area contributed by atoms with Gasteiger partial charge in [-0.25, -0.2) is 4.79 Å². The number of hydrogen-bond donors (Lipinski definition) is 0. The first kappa shape index (κ1) is 43.5. The number of rotatable bonds is 34. The second kappa shape index (κ2) is 29.5. The Morgan fingerprint density at radius 2 is 0.865 bits per heavy atom. The number of ether oxygens (including phenoxy) is 11. The predicted molar refractivity (Wildman–Crippen MR) is 196 cm³/mol. The van der Waals surface area contributed by atoms with Crippen LogP contribution in [-0.4, -0.2) is 163 Å². The number of benzene rings is 2. The van der Waals surface area contributed by atoms with Crippen molar-refractivity contribution in [3.63, 3.8) is 0 Å². The van der Waals surface area contributed by atoms with Crippen LogP contribution in [0.2, 0.25) is 0 Å². The summed E-state index contributed by atoms with van der Waals surface area (Å²) in [4.78, 5) is 14.1. The van der Waals surface area contributed by atoms with Crippen LogP contribution < -0.4 is 0 Å². The fourth-order valence-electron chi connectivity index (χ4n) is 5.14. The third-order valence-corrected chi connectivity index (χ3v) is 7.80. The van der Waals surface area contributed by atoms with E-state index in [1.807, 2.05) is 24.3 Å². The van der Waals surface area contributed by atoms with E-state index < -0.39 is 0 Å². The van der Waals surface area contributed by atoms with E-state index in [0.717, 1.165) is 0 Å². The van der Waals surface area contributed by atoms with Crippen molar-refractivity contribution in [2.24, 2.45) is 0 Å². The van der Waals surface area contributed by atoms with Gasteiger partial charge in [0.05, 0.1) is 132 Å². The summed E-state index contributed by atoms with van der Waals surface area (Å²) in [6, 6.07) is 16.6. The quantitative estimate of drug-likeness (QED) is 0.0757. The molecule has 0 N–H and O–H groups in total. The van der Waals surface area contributed by atoms with E-state index in [-0.39, 0.29) is 12.0 Å². The van der Waals surface area contributed by atoms with Gasteiger partial charge in [-0.2, -0.15) is 0 Å². The summed E-state index contributed by atoms with van der Waals surface area (Å²) >= 11 is 0. The highest BCUT2D eigenvalue weighted by Gasteiger charge is 2.29. The zero-order chi connectivity index (χ0) is 36.7. The Morgan fingerprint density at radius 3 is 1.23 bits per heavy atom. The molecule has 0 saturated heterocycles. The Balaban J connectivity index is 0.988. The van der Waals surface area contributed by atoms with Crippen LogP contribution in [0.3, 0.4) is 0 Å². The third-order valence-electron chi connectivity index (χ3n) is 7.80. The maximum Gasteiger partial charge on any atom is 0.409 e. The van der Waals surface area contributed by atoms with Crippen LogP contribution in [-0.2, 0) is 52.1 Å². The molecule has 3 rings (SSSR count). The van der Waals surface area contributed by atoms with Crippen molar-refractivity contribution in [1.29, 1.82) is 0 Å². The van der Waals surface area contributed by atoms with Crippen LogP contribution in [0.15, 0.2) is 61.2 Å². The summed E-state index contributed by atoms with van der Waals surface area (Å²) in [6.45, 7) is 14.2. The highest BCUT2D eigenvalue weighted by Crippen LogP contribution is 2.44. The number of amides is 1. The minimum atomic E-state index is -0.364. The maximum atomic E-state index is 12.6. The summed E-state index contributed by atoms with van der Waals surface area (Å²) in [5.74, 6) is 0.0394. The molecule has 0 aromatic heterocycles. The van der Waals surface area contributed by atoms with E-state index >= 15 is 0 Å². The van der Waals surface area contributed by atoms with Crippen LogP contribution >= 0.6 is 0 Å². The lowest BCUT2D eigenvalue weighted by Crippen LogP contribution is -2.32. The molecule has 0 spiro atoms. The third kappa shape index (κ3) is 18.7. The molecule has 292 valence electrons. The monoisotopic (exact) mass is 733 g/mol. The summed E-state index contributed by atoms with van der Waals surface area (Å²) in [5, 5.41) is 0. The van der Waals surface area contributed by atoms with E-state index in [2.05, 4.69) is 30.8 Å². The lowest BCUT2D eigenvalue weighted by Gasteiger charge is -2.19. The van der Waals surface area contributed by atoms with Gasteiger partial charge in [0, 0.05) is 19.5 Å². The van der Waals surface area contributed by atoms with Crippen LogP contribution in [0.4, 0.5) is 4.79 Å². The highest BCUT2D eigenvalue weighted by molar-refractivity contribution is 5.79. The summed E-state index contributed by atoms with van der Waals surface area (Å²) < 4.78 is 60.3. The number of carbonyl (C=O) groups excluding carboxylic acids is 1. The number of fused-ring (bicyclic) bond motifs is 3. The first-order valence-electron chi connectivity index (χ1n) is 18.2.